The molecule has 1 aromatic rings. The van der Waals surface area contributed by atoms with Crippen LogP contribution in [0, 0.1) is 23.2 Å². The summed E-state index contributed by atoms with van der Waals surface area (Å²) in [5.74, 6) is 2.95. The first kappa shape index (κ1) is 12.8. The summed E-state index contributed by atoms with van der Waals surface area (Å²) in [6.07, 6.45) is 12.5. The molecule has 1 aromatic heterocycles. The Kier molecular flexibility index (Phi) is 2.93. The summed E-state index contributed by atoms with van der Waals surface area (Å²) < 4.78 is 2.08. The summed E-state index contributed by atoms with van der Waals surface area (Å²) in [5.41, 5.74) is 7.32. The molecule has 4 fully saturated rings. The zero-order valence-corrected chi connectivity index (χ0v) is 12.0. The molecule has 1 unspecified atom stereocenters. The maximum absolute atomic E-state index is 9.14. The second-order valence-corrected chi connectivity index (χ2v) is 7.68. The Labute approximate surface area is 120 Å². The van der Waals surface area contributed by atoms with E-state index in [2.05, 4.69) is 9.78 Å². The van der Waals surface area contributed by atoms with Crippen molar-refractivity contribution in [3.05, 3.63) is 18.0 Å². The van der Waals surface area contributed by atoms with E-state index in [1.807, 2.05) is 12.4 Å². The lowest BCUT2D eigenvalue weighted by molar-refractivity contribution is -0.0635. The summed E-state index contributed by atoms with van der Waals surface area (Å²) in [5, 5.41) is 13.6. The highest BCUT2D eigenvalue weighted by Gasteiger charge is 2.50. The summed E-state index contributed by atoms with van der Waals surface area (Å²) >= 11 is 0. The Bertz CT molecular complexity index is 460. The largest absolute Gasteiger partial charge is 0.394 e. The second-order valence-electron chi connectivity index (χ2n) is 7.68. The molecular weight excluding hydrogens is 250 g/mol. The van der Waals surface area contributed by atoms with Gasteiger partial charge in [-0.25, -0.2) is 0 Å². The fraction of sp³-hybridized carbons (Fsp3) is 0.812. The van der Waals surface area contributed by atoms with Crippen LogP contribution in [-0.4, -0.2) is 21.5 Å². The van der Waals surface area contributed by atoms with E-state index in [4.69, 9.17) is 10.8 Å². The molecule has 0 aliphatic heterocycles. The van der Waals surface area contributed by atoms with Crippen LogP contribution in [0.3, 0.4) is 0 Å². The zero-order valence-electron chi connectivity index (χ0n) is 12.0. The Morgan fingerprint density at radius 3 is 2.40 bits per heavy atom. The molecule has 4 heteroatoms. The molecule has 110 valence electrons. The van der Waals surface area contributed by atoms with Crippen molar-refractivity contribution >= 4 is 0 Å². The van der Waals surface area contributed by atoms with Gasteiger partial charge in [-0.15, -0.1) is 0 Å². The fourth-order valence-electron chi connectivity index (χ4n) is 5.59. The van der Waals surface area contributed by atoms with Crippen molar-refractivity contribution in [2.24, 2.45) is 28.9 Å². The third-order valence-corrected chi connectivity index (χ3v) is 5.94. The maximum atomic E-state index is 9.14. The number of hydrogen-bond donors (Lipinski definition) is 2. The van der Waals surface area contributed by atoms with Gasteiger partial charge in [-0.1, -0.05) is 0 Å². The molecule has 0 saturated heterocycles. The van der Waals surface area contributed by atoms with E-state index < -0.39 is 0 Å². The third-order valence-electron chi connectivity index (χ3n) is 5.94. The first-order chi connectivity index (χ1) is 9.66. The molecular formula is C16H25N3O. The standard InChI is InChI=1S/C16H25N3O/c17-15(9-20)14-7-18-19(8-14)10-16-4-11-1-12(5-16)3-13(2-11)6-16/h7-8,11-13,15,20H,1-6,9-10,17H2. The van der Waals surface area contributed by atoms with Crippen molar-refractivity contribution in [1.29, 1.82) is 0 Å². The van der Waals surface area contributed by atoms with Crippen LogP contribution in [0.5, 0.6) is 0 Å². The Balaban J connectivity index is 1.52. The average Bonchev–Trinajstić information content (AvgIpc) is 2.83. The van der Waals surface area contributed by atoms with Crippen molar-refractivity contribution in [2.75, 3.05) is 6.61 Å². The van der Waals surface area contributed by atoms with E-state index >= 15 is 0 Å². The number of rotatable bonds is 4. The topological polar surface area (TPSA) is 64.1 Å². The van der Waals surface area contributed by atoms with Crippen LogP contribution in [0.1, 0.15) is 50.1 Å². The van der Waals surface area contributed by atoms with Crippen LogP contribution >= 0.6 is 0 Å². The zero-order chi connectivity index (χ0) is 13.7. The Morgan fingerprint density at radius 1 is 1.25 bits per heavy atom. The average molecular weight is 275 g/mol. The fourth-order valence-corrected chi connectivity index (χ4v) is 5.59. The molecule has 5 rings (SSSR count). The van der Waals surface area contributed by atoms with Gasteiger partial charge in [0, 0.05) is 18.3 Å². The number of aliphatic hydroxyl groups is 1. The highest BCUT2D eigenvalue weighted by Crippen LogP contribution is 2.60. The molecule has 0 spiro atoms. The minimum atomic E-state index is -0.292. The number of nitrogens with zero attached hydrogens (tertiary/aromatic N) is 2. The van der Waals surface area contributed by atoms with Gasteiger partial charge in [-0.2, -0.15) is 5.10 Å². The van der Waals surface area contributed by atoms with Crippen molar-refractivity contribution in [2.45, 2.75) is 51.1 Å². The highest BCUT2D eigenvalue weighted by atomic mass is 16.3. The van der Waals surface area contributed by atoms with Gasteiger partial charge in [-0.3, -0.25) is 4.68 Å². The smallest absolute Gasteiger partial charge is 0.0625 e. The van der Waals surface area contributed by atoms with E-state index in [1.165, 1.54) is 38.5 Å². The lowest BCUT2D eigenvalue weighted by atomic mass is 9.49. The molecule has 3 N–H and O–H groups in total. The molecule has 0 amide bonds. The summed E-state index contributed by atoms with van der Waals surface area (Å²) in [6, 6.07) is -0.292. The van der Waals surface area contributed by atoms with E-state index in [1.54, 1.807) is 0 Å². The van der Waals surface area contributed by atoms with E-state index in [9.17, 15) is 0 Å². The van der Waals surface area contributed by atoms with Crippen molar-refractivity contribution in [3.63, 3.8) is 0 Å². The number of aliphatic hydroxyl groups excluding tert-OH is 1. The molecule has 0 radical (unpaired) electrons. The van der Waals surface area contributed by atoms with Crippen LogP contribution in [0.25, 0.3) is 0 Å². The normalized spacial score (nSPS) is 40.2. The molecule has 1 heterocycles. The van der Waals surface area contributed by atoms with E-state index in [0.29, 0.717) is 5.41 Å². The summed E-state index contributed by atoms with van der Waals surface area (Å²) in [6.45, 7) is 1.04. The van der Waals surface area contributed by atoms with Gasteiger partial charge < -0.3 is 10.8 Å². The van der Waals surface area contributed by atoms with Gasteiger partial charge in [0.2, 0.25) is 0 Å². The number of hydrogen-bond acceptors (Lipinski definition) is 3. The molecule has 0 aromatic carbocycles. The molecule has 20 heavy (non-hydrogen) atoms. The molecule has 4 saturated carbocycles. The van der Waals surface area contributed by atoms with Gasteiger partial charge in [0.25, 0.3) is 0 Å². The lowest BCUT2D eigenvalue weighted by Gasteiger charge is -2.56. The van der Waals surface area contributed by atoms with E-state index in [0.717, 1.165) is 29.9 Å². The van der Waals surface area contributed by atoms with Crippen LogP contribution in [0.4, 0.5) is 0 Å². The summed E-state index contributed by atoms with van der Waals surface area (Å²) in [7, 11) is 0. The Morgan fingerprint density at radius 2 is 1.85 bits per heavy atom. The predicted octanol–water partition coefficient (Wildman–Crippen LogP) is 2.09. The lowest BCUT2D eigenvalue weighted by Crippen LogP contribution is -2.47. The van der Waals surface area contributed by atoms with Crippen LogP contribution in [0.2, 0.25) is 0 Å². The molecule has 4 nitrogen and oxygen atoms in total. The van der Waals surface area contributed by atoms with E-state index in [-0.39, 0.29) is 12.6 Å². The number of nitrogens with two attached hydrogens (primary N) is 1. The molecule has 4 aliphatic carbocycles. The maximum Gasteiger partial charge on any atom is 0.0625 e. The molecule has 1 atom stereocenters. The second kappa shape index (κ2) is 4.57. The third kappa shape index (κ3) is 2.09. The number of aromatic nitrogens is 2. The van der Waals surface area contributed by atoms with Gasteiger partial charge in [-0.05, 0) is 61.7 Å². The van der Waals surface area contributed by atoms with Gasteiger partial charge >= 0.3 is 0 Å². The predicted molar refractivity (Wildman–Crippen MR) is 76.8 cm³/mol. The van der Waals surface area contributed by atoms with Crippen LogP contribution < -0.4 is 5.73 Å². The minimum Gasteiger partial charge on any atom is -0.394 e. The van der Waals surface area contributed by atoms with Crippen LogP contribution in [0.15, 0.2) is 12.4 Å². The summed E-state index contributed by atoms with van der Waals surface area (Å²) in [4.78, 5) is 0. The minimum absolute atomic E-state index is 0.0109. The van der Waals surface area contributed by atoms with Gasteiger partial charge in [0.15, 0.2) is 0 Å². The quantitative estimate of drug-likeness (QED) is 0.884. The van der Waals surface area contributed by atoms with Crippen molar-refractivity contribution < 1.29 is 5.11 Å². The van der Waals surface area contributed by atoms with Crippen molar-refractivity contribution in [3.8, 4) is 0 Å². The Hall–Kier alpha value is -0.870. The molecule has 4 bridgehead atoms. The van der Waals surface area contributed by atoms with Crippen molar-refractivity contribution in [1.82, 2.24) is 9.78 Å². The first-order valence-electron chi connectivity index (χ1n) is 8.04. The van der Waals surface area contributed by atoms with Gasteiger partial charge in [0.05, 0.1) is 18.8 Å². The first-order valence-corrected chi connectivity index (χ1v) is 8.04. The SMILES string of the molecule is NC(CO)c1cnn(CC23CC4CC(CC(C4)C2)C3)c1. The highest BCUT2D eigenvalue weighted by molar-refractivity contribution is 5.10. The van der Waals surface area contributed by atoms with Gasteiger partial charge in [0.1, 0.15) is 0 Å². The van der Waals surface area contributed by atoms with Crippen LogP contribution in [-0.2, 0) is 6.54 Å². The monoisotopic (exact) mass is 275 g/mol. The molecule has 4 aliphatic rings.